The molecule has 2 aromatic rings. The number of carbonyl (C=O) groups excluding carboxylic acids is 1. The molecule has 1 aliphatic heterocycles. The summed E-state index contributed by atoms with van der Waals surface area (Å²) in [5.41, 5.74) is 1.46. The summed E-state index contributed by atoms with van der Waals surface area (Å²) in [7, 11) is 0. The van der Waals surface area contributed by atoms with Crippen molar-refractivity contribution >= 4 is 11.6 Å². The van der Waals surface area contributed by atoms with E-state index >= 15 is 0 Å². The number of nitrogens with zero attached hydrogens (tertiary/aromatic N) is 2. The number of aryl methyl sites for hydroxylation is 1. The van der Waals surface area contributed by atoms with Crippen molar-refractivity contribution in [1.82, 2.24) is 4.98 Å². The zero-order valence-electron chi connectivity index (χ0n) is 11.8. The molecule has 1 aromatic heterocycles. The Hall–Kier alpha value is -2.37. The molecule has 22 heavy (non-hydrogen) atoms. The molecule has 1 amide bonds. The van der Waals surface area contributed by atoms with Gasteiger partial charge < -0.3 is 4.90 Å². The number of hydrogen-bond acceptors (Lipinski definition) is 2. The Labute approximate surface area is 125 Å². The summed E-state index contributed by atoms with van der Waals surface area (Å²) >= 11 is 0. The van der Waals surface area contributed by atoms with Crippen LogP contribution in [0.25, 0.3) is 0 Å². The molecule has 0 N–H and O–H groups in total. The summed E-state index contributed by atoms with van der Waals surface area (Å²) in [6, 6.07) is 5.13. The average molecular weight is 306 g/mol. The molecule has 0 unspecified atom stereocenters. The first-order valence-electron chi connectivity index (χ1n) is 6.80. The van der Waals surface area contributed by atoms with Crippen LogP contribution in [0.5, 0.6) is 0 Å². The van der Waals surface area contributed by atoms with Crippen LogP contribution in [0.1, 0.15) is 27.0 Å². The number of aromatic nitrogens is 1. The monoisotopic (exact) mass is 306 g/mol. The molecule has 0 atom stereocenters. The van der Waals surface area contributed by atoms with Gasteiger partial charge in [0.05, 0.1) is 17.4 Å². The predicted octanol–water partition coefficient (Wildman–Crippen LogP) is 3.61. The first kappa shape index (κ1) is 14.6. The van der Waals surface area contributed by atoms with Gasteiger partial charge in [0, 0.05) is 18.3 Å². The SMILES string of the molecule is Cc1ccncc1N1CCc2ccc(C(F)(F)F)cc2C1=O. The fourth-order valence-electron chi connectivity index (χ4n) is 2.62. The Morgan fingerprint density at radius 1 is 1.23 bits per heavy atom. The lowest BCUT2D eigenvalue weighted by Gasteiger charge is -2.29. The third-order valence-electron chi connectivity index (χ3n) is 3.82. The lowest BCUT2D eigenvalue weighted by atomic mass is 9.96. The molecular formula is C16H13F3N2O. The van der Waals surface area contributed by atoms with E-state index in [0.717, 1.165) is 17.7 Å². The molecule has 0 saturated heterocycles. The van der Waals surface area contributed by atoms with Crippen molar-refractivity contribution in [3.63, 3.8) is 0 Å². The van der Waals surface area contributed by atoms with E-state index in [1.165, 1.54) is 11.0 Å². The Morgan fingerprint density at radius 3 is 2.68 bits per heavy atom. The van der Waals surface area contributed by atoms with Crippen molar-refractivity contribution < 1.29 is 18.0 Å². The van der Waals surface area contributed by atoms with E-state index in [1.807, 2.05) is 6.92 Å². The number of fused-ring (bicyclic) bond motifs is 1. The van der Waals surface area contributed by atoms with Gasteiger partial charge in [-0.3, -0.25) is 9.78 Å². The Morgan fingerprint density at radius 2 is 2.00 bits per heavy atom. The first-order valence-corrected chi connectivity index (χ1v) is 6.80. The van der Waals surface area contributed by atoms with Crippen LogP contribution in [0.4, 0.5) is 18.9 Å². The van der Waals surface area contributed by atoms with Crippen LogP contribution < -0.4 is 4.90 Å². The van der Waals surface area contributed by atoms with E-state index in [2.05, 4.69) is 4.98 Å². The molecular weight excluding hydrogens is 293 g/mol. The summed E-state index contributed by atoms with van der Waals surface area (Å²) in [5.74, 6) is -0.413. The molecule has 0 radical (unpaired) electrons. The third kappa shape index (κ3) is 2.45. The van der Waals surface area contributed by atoms with Crippen molar-refractivity contribution in [2.45, 2.75) is 19.5 Å². The number of amides is 1. The minimum atomic E-state index is -4.46. The number of carbonyl (C=O) groups is 1. The van der Waals surface area contributed by atoms with Gasteiger partial charge >= 0.3 is 6.18 Å². The van der Waals surface area contributed by atoms with Crippen LogP contribution in [0.3, 0.4) is 0 Å². The normalized spacial score (nSPS) is 14.9. The van der Waals surface area contributed by atoms with E-state index < -0.39 is 17.6 Å². The second kappa shape index (κ2) is 5.12. The summed E-state index contributed by atoms with van der Waals surface area (Å²) in [5, 5.41) is 0. The summed E-state index contributed by atoms with van der Waals surface area (Å²) in [4.78, 5) is 18.1. The Balaban J connectivity index is 2.03. The van der Waals surface area contributed by atoms with E-state index in [9.17, 15) is 18.0 Å². The maximum absolute atomic E-state index is 12.8. The number of alkyl halides is 3. The van der Waals surface area contributed by atoms with E-state index in [4.69, 9.17) is 0 Å². The highest BCUT2D eigenvalue weighted by Gasteiger charge is 2.34. The highest BCUT2D eigenvalue weighted by molar-refractivity contribution is 6.08. The number of rotatable bonds is 1. The topological polar surface area (TPSA) is 33.2 Å². The molecule has 0 bridgehead atoms. The van der Waals surface area contributed by atoms with Gasteiger partial charge in [-0.15, -0.1) is 0 Å². The average Bonchev–Trinajstić information content (AvgIpc) is 2.47. The van der Waals surface area contributed by atoms with Gasteiger partial charge in [-0.1, -0.05) is 6.07 Å². The van der Waals surface area contributed by atoms with Crippen LogP contribution in [-0.4, -0.2) is 17.4 Å². The van der Waals surface area contributed by atoms with Crippen molar-refractivity contribution in [1.29, 1.82) is 0 Å². The first-order chi connectivity index (χ1) is 10.4. The van der Waals surface area contributed by atoms with Crippen LogP contribution in [0, 0.1) is 6.92 Å². The molecule has 0 spiro atoms. The van der Waals surface area contributed by atoms with Crippen LogP contribution in [0.15, 0.2) is 36.7 Å². The molecule has 3 nitrogen and oxygen atoms in total. The molecule has 0 aliphatic carbocycles. The van der Waals surface area contributed by atoms with E-state index in [-0.39, 0.29) is 5.56 Å². The number of benzene rings is 1. The molecule has 0 fully saturated rings. The number of halogens is 3. The molecule has 3 rings (SSSR count). The Kier molecular flexibility index (Phi) is 3.39. The minimum absolute atomic E-state index is 0.115. The maximum atomic E-state index is 12.8. The second-order valence-electron chi connectivity index (χ2n) is 5.24. The van der Waals surface area contributed by atoms with Crippen LogP contribution in [-0.2, 0) is 12.6 Å². The lowest BCUT2D eigenvalue weighted by Crippen LogP contribution is -2.38. The second-order valence-corrected chi connectivity index (χ2v) is 5.24. The summed E-state index contributed by atoms with van der Waals surface area (Å²) in [6.45, 7) is 2.27. The molecule has 6 heteroatoms. The van der Waals surface area contributed by atoms with Crippen molar-refractivity contribution in [3.05, 3.63) is 58.9 Å². The fraction of sp³-hybridized carbons (Fsp3) is 0.250. The zero-order valence-corrected chi connectivity index (χ0v) is 11.8. The third-order valence-corrected chi connectivity index (χ3v) is 3.82. The van der Waals surface area contributed by atoms with Gasteiger partial charge in [-0.2, -0.15) is 13.2 Å². The van der Waals surface area contributed by atoms with Crippen LogP contribution in [0.2, 0.25) is 0 Å². The minimum Gasteiger partial charge on any atom is -0.306 e. The van der Waals surface area contributed by atoms with Gasteiger partial charge in [-0.05, 0) is 42.7 Å². The smallest absolute Gasteiger partial charge is 0.306 e. The Bertz CT molecular complexity index is 740. The largest absolute Gasteiger partial charge is 0.416 e. The van der Waals surface area contributed by atoms with Gasteiger partial charge in [0.25, 0.3) is 5.91 Å². The van der Waals surface area contributed by atoms with Gasteiger partial charge in [0.2, 0.25) is 0 Å². The van der Waals surface area contributed by atoms with E-state index in [0.29, 0.717) is 24.2 Å². The molecule has 1 aromatic carbocycles. The maximum Gasteiger partial charge on any atom is 0.416 e. The van der Waals surface area contributed by atoms with Crippen molar-refractivity contribution in [2.24, 2.45) is 0 Å². The summed E-state index contributed by atoms with van der Waals surface area (Å²) < 4.78 is 38.5. The highest BCUT2D eigenvalue weighted by Crippen LogP contribution is 2.33. The van der Waals surface area contributed by atoms with E-state index in [1.54, 1.807) is 18.5 Å². The number of anilines is 1. The quantitative estimate of drug-likeness (QED) is 0.806. The molecule has 114 valence electrons. The van der Waals surface area contributed by atoms with Gasteiger partial charge in [-0.25, -0.2) is 0 Å². The van der Waals surface area contributed by atoms with Gasteiger partial charge in [0.15, 0.2) is 0 Å². The van der Waals surface area contributed by atoms with Gasteiger partial charge in [0.1, 0.15) is 0 Å². The van der Waals surface area contributed by atoms with Crippen molar-refractivity contribution in [3.8, 4) is 0 Å². The number of pyridine rings is 1. The lowest BCUT2D eigenvalue weighted by molar-refractivity contribution is -0.137. The number of hydrogen-bond donors (Lipinski definition) is 0. The zero-order chi connectivity index (χ0) is 15.9. The summed E-state index contributed by atoms with van der Waals surface area (Å²) in [6.07, 6.45) is -0.760. The van der Waals surface area contributed by atoms with Crippen molar-refractivity contribution in [2.75, 3.05) is 11.4 Å². The fourth-order valence-corrected chi connectivity index (χ4v) is 2.62. The molecule has 2 heterocycles. The standard InChI is InChI=1S/C16H13F3N2O/c1-10-4-6-20-9-14(10)21-7-5-11-2-3-12(16(17,18)19)8-13(11)15(21)22/h2-4,6,8-9H,5,7H2,1H3. The molecule has 0 saturated carbocycles. The van der Waals surface area contributed by atoms with Crippen LogP contribution >= 0.6 is 0 Å². The highest BCUT2D eigenvalue weighted by atomic mass is 19.4. The molecule has 1 aliphatic rings. The predicted molar refractivity (Wildman–Crippen MR) is 75.8 cm³/mol.